The Morgan fingerprint density at radius 1 is 1.19 bits per heavy atom. The van der Waals surface area contributed by atoms with E-state index in [0.29, 0.717) is 34.1 Å². The molecule has 6 rings (SSSR count). The van der Waals surface area contributed by atoms with Crippen LogP contribution in [0.4, 0.5) is 14.5 Å². The number of halogens is 3. The lowest BCUT2D eigenvalue weighted by Gasteiger charge is -2.22. The van der Waals surface area contributed by atoms with Crippen LogP contribution in [-0.4, -0.2) is 42.2 Å². The maximum Gasteiger partial charge on any atom is 0.251 e. The van der Waals surface area contributed by atoms with Crippen LogP contribution < -0.4 is 21.5 Å². The quantitative estimate of drug-likeness (QED) is 0.172. The van der Waals surface area contributed by atoms with Crippen LogP contribution >= 0.6 is 15.9 Å². The molecular weight excluding hydrogens is 608 g/mol. The van der Waals surface area contributed by atoms with E-state index in [9.17, 15) is 14.0 Å². The van der Waals surface area contributed by atoms with Crippen molar-refractivity contribution in [2.24, 2.45) is 16.6 Å². The summed E-state index contributed by atoms with van der Waals surface area (Å²) in [5, 5.41) is 3.02. The van der Waals surface area contributed by atoms with Gasteiger partial charge in [0.15, 0.2) is 0 Å². The number of hydrogen-bond acceptors (Lipinski definition) is 6. The van der Waals surface area contributed by atoms with Gasteiger partial charge in [-0.1, -0.05) is 0 Å². The second-order valence-corrected chi connectivity index (χ2v) is 12.4. The molecule has 8 nitrogen and oxygen atoms in total. The number of primary amides is 1. The van der Waals surface area contributed by atoms with Gasteiger partial charge in [0, 0.05) is 58.4 Å². The first kappa shape index (κ1) is 28.3. The summed E-state index contributed by atoms with van der Waals surface area (Å²) in [6.45, 7) is 1.90. The minimum absolute atomic E-state index is 0.0240. The Morgan fingerprint density at radius 2 is 1.95 bits per heavy atom. The zero-order chi connectivity index (χ0) is 29.8. The molecule has 2 fully saturated rings. The lowest BCUT2D eigenvalue weighted by molar-refractivity contribution is -0.123. The molecule has 2 heterocycles. The Bertz CT molecular complexity index is 1640. The number of aromatic nitrogens is 1. The SMILES string of the molecule is C[C@]1(C(N)=O)COc2c1cc([C@@H](CNC(=O)c1ccc(N)c(C=NC3CC3)c1)C1CC1)nc2-c1cc(Br)c(F)cc1F. The van der Waals surface area contributed by atoms with Crippen LogP contribution in [0.2, 0.25) is 0 Å². The third-order valence-corrected chi connectivity index (χ3v) is 8.88. The Morgan fingerprint density at radius 3 is 2.64 bits per heavy atom. The van der Waals surface area contributed by atoms with E-state index in [4.69, 9.17) is 21.2 Å². The molecule has 0 radical (unpaired) electrons. The predicted molar refractivity (Wildman–Crippen MR) is 159 cm³/mol. The third kappa shape index (κ3) is 5.37. The number of nitrogens with one attached hydrogen (secondary N) is 1. The van der Waals surface area contributed by atoms with Gasteiger partial charge in [0.05, 0.1) is 10.5 Å². The van der Waals surface area contributed by atoms with Crippen molar-refractivity contribution >= 4 is 39.6 Å². The van der Waals surface area contributed by atoms with Crippen LogP contribution in [-0.2, 0) is 10.2 Å². The van der Waals surface area contributed by atoms with Gasteiger partial charge in [-0.15, -0.1) is 0 Å². The minimum Gasteiger partial charge on any atom is -0.489 e. The second kappa shape index (κ2) is 10.8. The molecular formula is C31H30BrF2N5O3. The zero-order valence-electron chi connectivity index (χ0n) is 22.9. The molecule has 218 valence electrons. The third-order valence-electron chi connectivity index (χ3n) is 8.28. The number of nitrogens with two attached hydrogens (primary N) is 2. The van der Waals surface area contributed by atoms with Crippen molar-refractivity contribution in [3.8, 4) is 17.0 Å². The topological polar surface area (TPSA) is 133 Å². The number of nitrogens with zero attached hydrogens (tertiary/aromatic N) is 2. The van der Waals surface area contributed by atoms with Crippen molar-refractivity contribution in [3.05, 3.63) is 74.9 Å². The predicted octanol–water partition coefficient (Wildman–Crippen LogP) is 5.01. The number of pyridine rings is 1. The highest BCUT2D eigenvalue weighted by Crippen LogP contribution is 2.49. The first-order valence-electron chi connectivity index (χ1n) is 13.9. The maximum absolute atomic E-state index is 15.1. The molecule has 42 heavy (non-hydrogen) atoms. The summed E-state index contributed by atoms with van der Waals surface area (Å²) < 4.78 is 35.2. The van der Waals surface area contributed by atoms with E-state index >= 15 is 4.39 Å². The number of aliphatic imine (C=N–C) groups is 1. The van der Waals surface area contributed by atoms with Crippen molar-refractivity contribution in [1.82, 2.24) is 10.3 Å². The van der Waals surface area contributed by atoms with Gasteiger partial charge in [0.2, 0.25) is 5.91 Å². The molecule has 1 aliphatic heterocycles. The molecule has 2 aliphatic carbocycles. The molecule has 2 amide bonds. The van der Waals surface area contributed by atoms with Gasteiger partial charge in [-0.2, -0.15) is 0 Å². The number of carbonyl (C=O) groups excluding carboxylic acids is 2. The molecule has 1 aromatic heterocycles. The van der Waals surface area contributed by atoms with Crippen LogP contribution in [0.15, 0.2) is 45.9 Å². The summed E-state index contributed by atoms with van der Waals surface area (Å²) >= 11 is 3.13. The summed E-state index contributed by atoms with van der Waals surface area (Å²) in [6, 6.07) is 9.27. The first-order chi connectivity index (χ1) is 20.0. The fraction of sp³-hybridized carbons (Fsp3) is 0.355. The number of carbonyl (C=O) groups is 2. The summed E-state index contributed by atoms with van der Waals surface area (Å²) in [7, 11) is 0. The van der Waals surface area contributed by atoms with E-state index in [0.717, 1.165) is 31.7 Å². The van der Waals surface area contributed by atoms with Gasteiger partial charge in [-0.25, -0.2) is 13.8 Å². The van der Waals surface area contributed by atoms with Gasteiger partial charge < -0.3 is 21.5 Å². The fourth-order valence-corrected chi connectivity index (χ4v) is 5.58. The molecule has 0 spiro atoms. The number of amides is 2. The van der Waals surface area contributed by atoms with E-state index in [-0.39, 0.29) is 52.4 Å². The van der Waals surface area contributed by atoms with Gasteiger partial charge in [-0.05, 0) is 84.8 Å². The highest BCUT2D eigenvalue weighted by molar-refractivity contribution is 9.10. The Balaban J connectivity index is 1.34. The van der Waals surface area contributed by atoms with Crippen LogP contribution in [0.25, 0.3) is 11.3 Å². The van der Waals surface area contributed by atoms with Crippen LogP contribution in [0.3, 0.4) is 0 Å². The van der Waals surface area contributed by atoms with Gasteiger partial charge >= 0.3 is 0 Å². The largest absolute Gasteiger partial charge is 0.489 e. The smallest absolute Gasteiger partial charge is 0.251 e. The van der Waals surface area contributed by atoms with Crippen molar-refractivity contribution < 1.29 is 23.1 Å². The lowest BCUT2D eigenvalue weighted by atomic mass is 9.82. The number of anilines is 1. The van der Waals surface area contributed by atoms with Crippen molar-refractivity contribution in [1.29, 1.82) is 0 Å². The molecule has 11 heteroatoms. The molecule has 3 aliphatic rings. The van der Waals surface area contributed by atoms with Crippen LogP contribution in [0, 0.1) is 17.6 Å². The number of fused-ring (bicyclic) bond motifs is 1. The first-order valence-corrected chi connectivity index (χ1v) is 14.7. The average molecular weight is 639 g/mol. The van der Waals surface area contributed by atoms with Crippen molar-refractivity contribution in [2.45, 2.75) is 50.0 Å². The number of rotatable bonds is 9. The molecule has 0 saturated heterocycles. The Kier molecular flexibility index (Phi) is 7.24. The zero-order valence-corrected chi connectivity index (χ0v) is 24.5. The van der Waals surface area contributed by atoms with E-state index in [2.05, 4.69) is 26.2 Å². The van der Waals surface area contributed by atoms with E-state index in [1.807, 2.05) is 0 Å². The summed E-state index contributed by atoms with van der Waals surface area (Å²) in [4.78, 5) is 35.1. The average Bonchev–Trinajstić information content (AvgIpc) is 3.89. The molecule has 2 saturated carbocycles. The fourth-order valence-electron chi connectivity index (χ4n) is 5.24. The standard InChI is InChI=1S/C31H30BrF2N5O3/c1-31(30(36)41)14-42-28-21(31)10-26(39-27(28)19-9-22(32)24(34)11-23(19)33)20(15-2-3-15)13-38-29(40)16-4-7-25(35)17(8-16)12-37-18-5-6-18/h4,7-12,15,18,20H,2-3,5-6,13-14,35H2,1H3,(H2,36,41)(H,38,40)/t20-,31-/m0/s1. The van der Waals surface area contributed by atoms with Gasteiger partial charge in [-0.3, -0.25) is 14.6 Å². The molecule has 2 atom stereocenters. The van der Waals surface area contributed by atoms with Crippen LogP contribution in [0.5, 0.6) is 5.75 Å². The second-order valence-electron chi connectivity index (χ2n) is 11.5. The number of benzene rings is 2. The molecule has 0 bridgehead atoms. The van der Waals surface area contributed by atoms with Gasteiger partial charge in [0.1, 0.15) is 35.1 Å². The van der Waals surface area contributed by atoms with E-state index < -0.39 is 23.0 Å². The summed E-state index contributed by atoms with van der Waals surface area (Å²) in [5.41, 5.74) is 13.6. The molecule has 5 N–H and O–H groups in total. The highest BCUT2D eigenvalue weighted by Gasteiger charge is 2.45. The van der Waals surface area contributed by atoms with Crippen molar-refractivity contribution in [2.75, 3.05) is 18.9 Å². The Hall–Kier alpha value is -3.86. The minimum atomic E-state index is -1.17. The summed E-state index contributed by atoms with van der Waals surface area (Å²) in [5.74, 6) is -2.21. The maximum atomic E-state index is 15.1. The highest BCUT2D eigenvalue weighted by atomic mass is 79.9. The summed E-state index contributed by atoms with van der Waals surface area (Å²) in [6.07, 6.45) is 5.70. The lowest BCUT2D eigenvalue weighted by Crippen LogP contribution is -2.40. The number of nitrogen functional groups attached to an aromatic ring is 1. The van der Waals surface area contributed by atoms with E-state index in [1.165, 1.54) is 6.07 Å². The Labute approximate surface area is 250 Å². The monoisotopic (exact) mass is 637 g/mol. The number of ether oxygens (including phenoxy) is 1. The van der Waals surface area contributed by atoms with Gasteiger partial charge in [0.25, 0.3) is 5.91 Å². The molecule has 3 aromatic rings. The molecule has 0 unspecified atom stereocenters. The van der Waals surface area contributed by atoms with E-state index in [1.54, 1.807) is 37.4 Å². The normalized spacial score (nSPS) is 20.3. The van der Waals surface area contributed by atoms with Crippen LogP contribution in [0.1, 0.15) is 65.7 Å². The number of hydrogen-bond donors (Lipinski definition) is 3. The van der Waals surface area contributed by atoms with Crippen molar-refractivity contribution in [3.63, 3.8) is 0 Å². The molecule has 2 aromatic carbocycles.